The van der Waals surface area contributed by atoms with Crippen LogP contribution in [-0.2, 0) is 18.3 Å². The molecule has 0 aliphatic carbocycles. The van der Waals surface area contributed by atoms with Crippen molar-refractivity contribution in [1.82, 2.24) is 19.6 Å². The van der Waals surface area contributed by atoms with Crippen LogP contribution in [0, 0.1) is 6.92 Å². The number of aromatic nitrogens is 3. The van der Waals surface area contributed by atoms with Crippen LogP contribution < -0.4 is 4.74 Å². The molecule has 0 aromatic carbocycles. The standard InChI is InChI=1S/C16H22N4O3/c1-11-10-19(2)16(17-11)13-5-4-8-20(13)15(21)7-6-12-9-14(22-3)18-23-12/h9-10,13H,4-8H2,1-3H3. The largest absolute Gasteiger partial charge is 0.479 e. The SMILES string of the molecule is COc1cc(CCC(=O)N2CCCC2c2nc(C)cn2C)on1. The summed E-state index contributed by atoms with van der Waals surface area (Å²) in [5.74, 6) is 2.20. The van der Waals surface area contributed by atoms with Crippen LogP contribution in [0.1, 0.15) is 42.6 Å². The van der Waals surface area contributed by atoms with Gasteiger partial charge in [0.2, 0.25) is 5.91 Å². The summed E-state index contributed by atoms with van der Waals surface area (Å²) in [7, 11) is 3.52. The second-order valence-corrected chi connectivity index (χ2v) is 5.93. The molecule has 2 aromatic heterocycles. The highest BCUT2D eigenvalue weighted by molar-refractivity contribution is 5.77. The zero-order valence-electron chi connectivity index (χ0n) is 13.8. The van der Waals surface area contributed by atoms with Crippen molar-refractivity contribution in [2.24, 2.45) is 7.05 Å². The number of aryl methyl sites for hydroxylation is 3. The van der Waals surface area contributed by atoms with Crippen molar-refractivity contribution >= 4 is 5.91 Å². The first-order valence-electron chi connectivity index (χ1n) is 7.87. The van der Waals surface area contributed by atoms with E-state index in [1.165, 1.54) is 7.11 Å². The molecule has 1 aliphatic heterocycles. The molecular formula is C16H22N4O3. The molecule has 1 aliphatic rings. The highest BCUT2D eigenvalue weighted by atomic mass is 16.5. The van der Waals surface area contributed by atoms with Crippen LogP contribution in [0.15, 0.2) is 16.8 Å². The highest BCUT2D eigenvalue weighted by Gasteiger charge is 2.32. The van der Waals surface area contributed by atoms with Gasteiger partial charge in [-0.2, -0.15) is 0 Å². The molecule has 1 unspecified atom stereocenters. The average molecular weight is 318 g/mol. The number of rotatable bonds is 5. The maximum Gasteiger partial charge on any atom is 0.254 e. The second-order valence-electron chi connectivity index (χ2n) is 5.93. The average Bonchev–Trinajstić information content (AvgIpc) is 3.24. The van der Waals surface area contributed by atoms with Crippen molar-refractivity contribution in [2.45, 2.75) is 38.6 Å². The first kappa shape index (κ1) is 15.6. The van der Waals surface area contributed by atoms with Crippen molar-refractivity contribution in [2.75, 3.05) is 13.7 Å². The molecule has 2 aromatic rings. The molecule has 1 atom stereocenters. The fraction of sp³-hybridized carbons (Fsp3) is 0.562. The summed E-state index contributed by atoms with van der Waals surface area (Å²) in [4.78, 5) is 19.1. The van der Waals surface area contributed by atoms with Gasteiger partial charge in [-0.05, 0) is 24.9 Å². The third kappa shape index (κ3) is 3.23. The summed E-state index contributed by atoms with van der Waals surface area (Å²) in [6, 6.07) is 1.79. The summed E-state index contributed by atoms with van der Waals surface area (Å²) in [6.45, 7) is 2.76. The van der Waals surface area contributed by atoms with Crippen LogP contribution in [0.4, 0.5) is 0 Å². The summed E-state index contributed by atoms with van der Waals surface area (Å²) in [5.41, 5.74) is 0.982. The minimum absolute atomic E-state index is 0.0745. The van der Waals surface area contributed by atoms with E-state index in [4.69, 9.17) is 9.26 Å². The number of methoxy groups -OCH3 is 1. The monoisotopic (exact) mass is 318 g/mol. The third-order valence-corrected chi connectivity index (χ3v) is 4.24. The number of imidazole rings is 1. The summed E-state index contributed by atoms with van der Waals surface area (Å²) in [5, 5.41) is 3.75. The van der Waals surface area contributed by atoms with Gasteiger partial charge in [-0.15, -0.1) is 0 Å². The predicted octanol–water partition coefficient (Wildman–Crippen LogP) is 2.02. The van der Waals surface area contributed by atoms with Gasteiger partial charge in [-0.25, -0.2) is 4.98 Å². The molecule has 1 amide bonds. The van der Waals surface area contributed by atoms with E-state index >= 15 is 0 Å². The Balaban J connectivity index is 1.65. The normalized spacial score (nSPS) is 17.7. The van der Waals surface area contributed by atoms with Gasteiger partial charge < -0.3 is 18.7 Å². The minimum Gasteiger partial charge on any atom is -0.479 e. The molecule has 7 heteroatoms. The van der Waals surface area contributed by atoms with Gasteiger partial charge >= 0.3 is 0 Å². The van der Waals surface area contributed by atoms with E-state index in [0.29, 0.717) is 24.5 Å². The molecule has 3 rings (SSSR count). The number of hydrogen-bond donors (Lipinski definition) is 0. The smallest absolute Gasteiger partial charge is 0.254 e. The number of amides is 1. The number of carbonyl (C=O) groups excluding carboxylic acids is 1. The second kappa shape index (κ2) is 6.44. The van der Waals surface area contributed by atoms with Gasteiger partial charge in [-0.3, -0.25) is 4.79 Å². The predicted molar refractivity (Wildman–Crippen MR) is 83.0 cm³/mol. The van der Waals surface area contributed by atoms with Crippen molar-refractivity contribution in [3.05, 3.63) is 29.5 Å². The van der Waals surface area contributed by atoms with Gasteiger partial charge in [0.25, 0.3) is 5.88 Å². The first-order valence-corrected chi connectivity index (χ1v) is 7.87. The van der Waals surface area contributed by atoms with Crippen LogP contribution in [0.3, 0.4) is 0 Å². The molecule has 0 saturated carbocycles. The molecular weight excluding hydrogens is 296 g/mol. The molecule has 3 heterocycles. The van der Waals surface area contributed by atoms with Crippen molar-refractivity contribution in [3.8, 4) is 5.88 Å². The number of ether oxygens (including phenoxy) is 1. The Bertz CT molecular complexity index is 691. The zero-order chi connectivity index (χ0) is 16.4. The fourth-order valence-electron chi connectivity index (χ4n) is 3.16. The highest BCUT2D eigenvalue weighted by Crippen LogP contribution is 2.31. The third-order valence-electron chi connectivity index (χ3n) is 4.24. The molecule has 7 nitrogen and oxygen atoms in total. The van der Waals surface area contributed by atoms with Crippen LogP contribution in [-0.4, -0.2) is 39.2 Å². The Morgan fingerprint density at radius 3 is 3.00 bits per heavy atom. The quantitative estimate of drug-likeness (QED) is 0.843. The molecule has 1 fully saturated rings. The maximum absolute atomic E-state index is 12.6. The number of nitrogens with zero attached hydrogens (tertiary/aromatic N) is 4. The lowest BCUT2D eigenvalue weighted by Gasteiger charge is -2.24. The minimum atomic E-state index is 0.0745. The Labute approximate surface area is 135 Å². The van der Waals surface area contributed by atoms with Crippen molar-refractivity contribution < 1.29 is 14.1 Å². The van der Waals surface area contributed by atoms with Crippen LogP contribution in [0.25, 0.3) is 0 Å². The summed E-state index contributed by atoms with van der Waals surface area (Å²) < 4.78 is 12.1. The van der Waals surface area contributed by atoms with Gasteiger partial charge in [-0.1, -0.05) is 0 Å². The molecule has 1 saturated heterocycles. The molecule has 0 N–H and O–H groups in total. The zero-order valence-corrected chi connectivity index (χ0v) is 13.8. The molecule has 0 spiro atoms. The maximum atomic E-state index is 12.6. The van der Waals surface area contributed by atoms with Crippen molar-refractivity contribution in [1.29, 1.82) is 0 Å². The molecule has 23 heavy (non-hydrogen) atoms. The van der Waals surface area contributed by atoms with Crippen LogP contribution >= 0.6 is 0 Å². The van der Waals surface area contributed by atoms with E-state index in [-0.39, 0.29) is 11.9 Å². The molecule has 124 valence electrons. The number of carbonyl (C=O) groups is 1. The molecule has 0 bridgehead atoms. The van der Waals surface area contributed by atoms with Crippen molar-refractivity contribution in [3.63, 3.8) is 0 Å². The lowest BCUT2D eigenvalue weighted by Crippen LogP contribution is -2.32. The van der Waals surface area contributed by atoms with E-state index in [0.717, 1.165) is 30.9 Å². The Morgan fingerprint density at radius 1 is 1.52 bits per heavy atom. The van der Waals surface area contributed by atoms with E-state index in [9.17, 15) is 4.79 Å². The van der Waals surface area contributed by atoms with E-state index in [1.54, 1.807) is 6.07 Å². The van der Waals surface area contributed by atoms with E-state index in [2.05, 4.69) is 10.1 Å². The Hall–Kier alpha value is -2.31. The Morgan fingerprint density at radius 2 is 2.35 bits per heavy atom. The first-order chi connectivity index (χ1) is 11.1. The molecule has 0 radical (unpaired) electrons. The van der Waals surface area contributed by atoms with Gasteiger partial charge in [0.05, 0.1) is 18.8 Å². The van der Waals surface area contributed by atoms with E-state index in [1.807, 2.05) is 29.6 Å². The van der Waals surface area contributed by atoms with Crippen LogP contribution in [0.2, 0.25) is 0 Å². The topological polar surface area (TPSA) is 73.4 Å². The van der Waals surface area contributed by atoms with Gasteiger partial charge in [0.1, 0.15) is 11.6 Å². The fourth-order valence-corrected chi connectivity index (χ4v) is 3.16. The lowest BCUT2D eigenvalue weighted by atomic mass is 10.2. The summed E-state index contributed by atoms with van der Waals surface area (Å²) in [6.07, 6.45) is 4.90. The summed E-state index contributed by atoms with van der Waals surface area (Å²) >= 11 is 0. The number of likely N-dealkylation sites (tertiary alicyclic amines) is 1. The lowest BCUT2D eigenvalue weighted by molar-refractivity contribution is -0.132. The van der Waals surface area contributed by atoms with E-state index < -0.39 is 0 Å². The number of hydrogen-bond acceptors (Lipinski definition) is 5. The Kier molecular flexibility index (Phi) is 4.36. The van der Waals surface area contributed by atoms with Gasteiger partial charge in [0.15, 0.2) is 0 Å². The van der Waals surface area contributed by atoms with Crippen LogP contribution in [0.5, 0.6) is 5.88 Å². The van der Waals surface area contributed by atoms with Gasteiger partial charge in [0, 0.05) is 38.7 Å².